The molecule has 0 radical (unpaired) electrons. The highest BCUT2D eigenvalue weighted by Crippen LogP contribution is 2.41. The van der Waals surface area contributed by atoms with Crippen LogP contribution >= 0.6 is 0 Å². The summed E-state index contributed by atoms with van der Waals surface area (Å²) in [4.78, 5) is 26.9. The number of imide groups is 1. The van der Waals surface area contributed by atoms with Crippen molar-refractivity contribution in [3.63, 3.8) is 0 Å². The normalized spacial score (nSPS) is 24.1. The van der Waals surface area contributed by atoms with Crippen LogP contribution in [0.3, 0.4) is 0 Å². The number of ether oxygens (including phenoxy) is 2. The van der Waals surface area contributed by atoms with Gasteiger partial charge in [0.05, 0.1) is 24.6 Å². The van der Waals surface area contributed by atoms with Crippen LogP contribution in [-0.2, 0) is 9.59 Å². The van der Waals surface area contributed by atoms with Crippen LogP contribution in [0.4, 0.5) is 5.69 Å². The molecule has 1 saturated heterocycles. The third kappa shape index (κ3) is 2.99. The highest BCUT2D eigenvalue weighted by atomic mass is 16.5. The first-order valence-electron chi connectivity index (χ1n) is 9.05. The van der Waals surface area contributed by atoms with Gasteiger partial charge in [0.2, 0.25) is 11.8 Å². The van der Waals surface area contributed by atoms with Crippen molar-refractivity contribution in [3.8, 4) is 17.2 Å². The van der Waals surface area contributed by atoms with Crippen molar-refractivity contribution in [3.05, 3.63) is 60.7 Å². The van der Waals surface area contributed by atoms with Gasteiger partial charge >= 0.3 is 0 Å². The molecule has 1 heterocycles. The molecule has 4 rings (SSSR count). The van der Waals surface area contributed by atoms with Gasteiger partial charge in [0.1, 0.15) is 5.75 Å². The van der Waals surface area contributed by atoms with Crippen molar-refractivity contribution in [2.75, 3.05) is 12.0 Å². The SMILES string of the molecule is COc1ccccc1Oc1ccc(N2C(=O)C3CC=CC(C)C3C2=O)cc1. The van der Waals surface area contributed by atoms with E-state index in [2.05, 4.69) is 0 Å². The van der Waals surface area contributed by atoms with Crippen LogP contribution in [0.5, 0.6) is 17.2 Å². The minimum absolute atomic E-state index is 0.0818. The number of carbonyl (C=O) groups excluding carboxylic acids is 2. The third-order valence-electron chi connectivity index (χ3n) is 5.26. The first-order valence-corrected chi connectivity index (χ1v) is 9.05. The number of allylic oxidation sites excluding steroid dienone is 2. The highest BCUT2D eigenvalue weighted by molar-refractivity contribution is 6.22. The van der Waals surface area contributed by atoms with E-state index in [1.165, 1.54) is 4.90 Å². The summed E-state index contributed by atoms with van der Waals surface area (Å²) in [7, 11) is 1.59. The van der Waals surface area contributed by atoms with Gasteiger partial charge in [0, 0.05) is 0 Å². The Morgan fingerprint density at radius 3 is 2.33 bits per heavy atom. The zero-order chi connectivity index (χ0) is 19.0. The van der Waals surface area contributed by atoms with Crippen LogP contribution < -0.4 is 14.4 Å². The molecule has 1 aliphatic heterocycles. The van der Waals surface area contributed by atoms with Gasteiger partial charge in [0.25, 0.3) is 0 Å². The standard InChI is InChI=1S/C22H21NO4/c1-14-6-5-7-17-20(14)22(25)23(21(17)24)15-10-12-16(13-11-15)27-19-9-4-3-8-18(19)26-2/h3-6,8-14,17,20H,7H2,1-2H3. The van der Waals surface area contributed by atoms with E-state index in [4.69, 9.17) is 9.47 Å². The summed E-state index contributed by atoms with van der Waals surface area (Å²) >= 11 is 0. The predicted octanol–water partition coefficient (Wildman–Crippen LogP) is 4.19. The van der Waals surface area contributed by atoms with E-state index in [9.17, 15) is 9.59 Å². The monoisotopic (exact) mass is 363 g/mol. The number of hydrogen-bond acceptors (Lipinski definition) is 4. The second kappa shape index (κ2) is 6.91. The largest absolute Gasteiger partial charge is 0.493 e. The third-order valence-corrected chi connectivity index (χ3v) is 5.26. The summed E-state index contributed by atoms with van der Waals surface area (Å²) in [5.41, 5.74) is 0.582. The Morgan fingerprint density at radius 2 is 1.67 bits per heavy atom. The van der Waals surface area contributed by atoms with Gasteiger partial charge in [-0.1, -0.05) is 31.2 Å². The van der Waals surface area contributed by atoms with Gasteiger partial charge in [0.15, 0.2) is 11.5 Å². The first kappa shape index (κ1) is 17.3. The summed E-state index contributed by atoms with van der Waals surface area (Å²) in [6, 6.07) is 14.4. The minimum Gasteiger partial charge on any atom is -0.493 e. The maximum absolute atomic E-state index is 12.8. The molecule has 5 nitrogen and oxygen atoms in total. The Bertz CT molecular complexity index is 903. The second-order valence-corrected chi connectivity index (χ2v) is 6.91. The topological polar surface area (TPSA) is 55.8 Å². The second-order valence-electron chi connectivity index (χ2n) is 6.91. The van der Waals surface area contributed by atoms with E-state index in [0.29, 0.717) is 29.4 Å². The average Bonchev–Trinajstić information content (AvgIpc) is 2.95. The summed E-state index contributed by atoms with van der Waals surface area (Å²) in [5, 5.41) is 0. The zero-order valence-corrected chi connectivity index (χ0v) is 15.3. The molecule has 138 valence electrons. The van der Waals surface area contributed by atoms with E-state index in [1.807, 2.05) is 43.3 Å². The molecule has 27 heavy (non-hydrogen) atoms. The zero-order valence-electron chi connectivity index (χ0n) is 15.3. The molecule has 2 aromatic rings. The van der Waals surface area contributed by atoms with E-state index in [-0.39, 0.29) is 29.6 Å². The van der Waals surface area contributed by atoms with Crippen molar-refractivity contribution in [2.45, 2.75) is 13.3 Å². The number of amides is 2. The lowest BCUT2D eigenvalue weighted by Gasteiger charge is -2.22. The fourth-order valence-corrected chi connectivity index (χ4v) is 3.90. The Labute approximate surface area is 158 Å². The fraction of sp³-hybridized carbons (Fsp3) is 0.273. The Balaban J connectivity index is 1.56. The van der Waals surface area contributed by atoms with E-state index >= 15 is 0 Å². The number of fused-ring (bicyclic) bond motifs is 1. The van der Waals surface area contributed by atoms with Crippen LogP contribution in [0.2, 0.25) is 0 Å². The van der Waals surface area contributed by atoms with Crippen molar-refractivity contribution in [2.24, 2.45) is 17.8 Å². The van der Waals surface area contributed by atoms with Gasteiger partial charge in [-0.2, -0.15) is 0 Å². The number of nitrogens with zero attached hydrogens (tertiary/aromatic N) is 1. The molecule has 3 atom stereocenters. The lowest BCUT2D eigenvalue weighted by Crippen LogP contribution is -2.31. The summed E-state index contributed by atoms with van der Waals surface area (Å²) in [6.45, 7) is 1.99. The Kier molecular flexibility index (Phi) is 4.44. The summed E-state index contributed by atoms with van der Waals surface area (Å²) < 4.78 is 11.1. The van der Waals surface area contributed by atoms with E-state index in [1.54, 1.807) is 31.4 Å². The van der Waals surface area contributed by atoms with Gasteiger partial charge < -0.3 is 9.47 Å². The van der Waals surface area contributed by atoms with Crippen LogP contribution in [0.1, 0.15) is 13.3 Å². The number of carbonyl (C=O) groups is 2. The van der Waals surface area contributed by atoms with Crippen LogP contribution in [0.15, 0.2) is 60.7 Å². The van der Waals surface area contributed by atoms with Crippen molar-refractivity contribution in [1.82, 2.24) is 0 Å². The first-order chi connectivity index (χ1) is 13.1. The fourth-order valence-electron chi connectivity index (χ4n) is 3.90. The molecule has 1 aliphatic carbocycles. The number of hydrogen-bond donors (Lipinski definition) is 0. The van der Waals surface area contributed by atoms with E-state index in [0.717, 1.165) is 0 Å². The summed E-state index contributed by atoms with van der Waals surface area (Å²) in [6.07, 6.45) is 4.66. The number of methoxy groups -OCH3 is 1. The predicted molar refractivity (Wildman–Crippen MR) is 102 cm³/mol. The smallest absolute Gasteiger partial charge is 0.238 e. The molecular weight excluding hydrogens is 342 g/mol. The lowest BCUT2D eigenvalue weighted by molar-refractivity contribution is -0.122. The van der Waals surface area contributed by atoms with Crippen molar-refractivity contribution < 1.29 is 19.1 Å². The van der Waals surface area contributed by atoms with Crippen LogP contribution in [-0.4, -0.2) is 18.9 Å². The van der Waals surface area contributed by atoms with E-state index < -0.39 is 0 Å². The average molecular weight is 363 g/mol. The number of rotatable bonds is 4. The van der Waals surface area contributed by atoms with Gasteiger partial charge in [-0.25, -0.2) is 0 Å². The molecule has 1 fully saturated rings. The molecule has 0 aromatic heterocycles. The lowest BCUT2D eigenvalue weighted by atomic mass is 9.78. The molecule has 2 amide bonds. The quantitative estimate of drug-likeness (QED) is 0.604. The number of para-hydroxylation sites is 2. The van der Waals surface area contributed by atoms with Crippen LogP contribution in [0, 0.1) is 17.8 Å². The van der Waals surface area contributed by atoms with Crippen molar-refractivity contribution in [1.29, 1.82) is 0 Å². The van der Waals surface area contributed by atoms with Gasteiger partial charge in [-0.05, 0) is 48.7 Å². The van der Waals surface area contributed by atoms with Gasteiger partial charge in [-0.3, -0.25) is 14.5 Å². The number of benzene rings is 2. The molecule has 5 heteroatoms. The molecule has 0 saturated carbocycles. The summed E-state index contributed by atoms with van der Waals surface area (Å²) in [5.74, 6) is 1.20. The minimum atomic E-state index is -0.257. The maximum atomic E-state index is 12.8. The van der Waals surface area contributed by atoms with Crippen LogP contribution in [0.25, 0.3) is 0 Å². The van der Waals surface area contributed by atoms with Gasteiger partial charge in [-0.15, -0.1) is 0 Å². The molecule has 2 aromatic carbocycles. The highest BCUT2D eigenvalue weighted by Gasteiger charge is 2.50. The number of anilines is 1. The molecule has 3 unspecified atom stereocenters. The Morgan fingerprint density at radius 1 is 0.963 bits per heavy atom. The molecular formula is C22H21NO4. The molecule has 0 bridgehead atoms. The molecule has 0 N–H and O–H groups in total. The molecule has 2 aliphatic rings. The van der Waals surface area contributed by atoms with Crippen molar-refractivity contribution >= 4 is 17.5 Å². The maximum Gasteiger partial charge on any atom is 0.238 e. The Hall–Kier alpha value is -3.08. The molecule has 0 spiro atoms.